The fourth-order valence-corrected chi connectivity index (χ4v) is 4.40. The molecular formula is C21H24O4Si. The average molecular weight is 369 g/mol. The van der Waals surface area contributed by atoms with Crippen LogP contribution in [0.3, 0.4) is 0 Å². The van der Waals surface area contributed by atoms with Gasteiger partial charge >= 0.3 is 11.9 Å². The fraction of sp³-hybridized carbons (Fsp3) is 0.238. The van der Waals surface area contributed by atoms with Crippen molar-refractivity contribution in [3.05, 3.63) is 78.0 Å². The van der Waals surface area contributed by atoms with Gasteiger partial charge in [-0.2, -0.15) is 0 Å². The molecule has 1 atom stereocenters. The molecule has 0 bridgehead atoms. The first kappa shape index (κ1) is 19.7. The largest absolute Gasteiger partial charge is 0.456 e. The van der Waals surface area contributed by atoms with Crippen molar-refractivity contribution in [2.24, 2.45) is 0 Å². The summed E-state index contributed by atoms with van der Waals surface area (Å²) in [6, 6.07) is 18.8. The maximum atomic E-state index is 11.9. The molecule has 0 fully saturated rings. The van der Waals surface area contributed by atoms with Crippen molar-refractivity contribution >= 4 is 25.2 Å². The summed E-state index contributed by atoms with van der Waals surface area (Å²) in [6.07, 6.45) is 1.52. The second kappa shape index (κ2) is 9.15. The Morgan fingerprint density at radius 1 is 1.00 bits per heavy atom. The van der Waals surface area contributed by atoms with Crippen molar-refractivity contribution in [1.29, 1.82) is 0 Å². The Morgan fingerprint density at radius 3 is 2.19 bits per heavy atom. The molecular weight excluding hydrogens is 344 g/mol. The molecule has 0 N–H and O–H groups in total. The van der Waals surface area contributed by atoms with E-state index in [-0.39, 0.29) is 6.10 Å². The van der Waals surface area contributed by atoms with Gasteiger partial charge < -0.3 is 9.47 Å². The van der Waals surface area contributed by atoms with E-state index in [4.69, 9.17) is 9.47 Å². The molecule has 0 unspecified atom stereocenters. The van der Waals surface area contributed by atoms with Crippen LogP contribution in [0.2, 0.25) is 13.1 Å². The van der Waals surface area contributed by atoms with E-state index in [0.29, 0.717) is 5.56 Å². The molecule has 0 radical (unpaired) electrons. The number of rotatable bonds is 7. The Bertz CT molecular complexity index is 754. The molecule has 0 spiro atoms. The van der Waals surface area contributed by atoms with Gasteiger partial charge in [0.1, 0.15) is 14.2 Å². The summed E-state index contributed by atoms with van der Waals surface area (Å²) in [5.74, 6) is -1.10. The Kier molecular flexibility index (Phi) is 6.92. The zero-order chi connectivity index (χ0) is 19.0. The summed E-state index contributed by atoms with van der Waals surface area (Å²) < 4.78 is 10.3. The van der Waals surface area contributed by atoms with E-state index in [9.17, 15) is 9.59 Å². The third-order valence-corrected chi connectivity index (χ3v) is 6.80. The van der Waals surface area contributed by atoms with Crippen LogP contribution in [-0.4, -0.2) is 32.7 Å². The van der Waals surface area contributed by atoms with E-state index < -0.39 is 26.6 Å². The number of ether oxygens (including phenoxy) is 2. The van der Waals surface area contributed by atoms with Gasteiger partial charge in [0.2, 0.25) is 0 Å². The van der Waals surface area contributed by atoms with Crippen LogP contribution in [0.15, 0.2) is 72.4 Å². The van der Waals surface area contributed by atoms with Crippen molar-refractivity contribution in [2.75, 3.05) is 6.61 Å². The van der Waals surface area contributed by atoms with Gasteiger partial charge in [-0.05, 0) is 19.1 Å². The molecule has 0 aliphatic rings. The van der Waals surface area contributed by atoms with Crippen molar-refractivity contribution in [1.82, 2.24) is 0 Å². The van der Waals surface area contributed by atoms with Crippen LogP contribution in [0.1, 0.15) is 17.3 Å². The molecule has 0 saturated carbocycles. The van der Waals surface area contributed by atoms with E-state index in [1.165, 1.54) is 5.19 Å². The molecule has 0 aliphatic carbocycles. The lowest BCUT2D eigenvalue weighted by Gasteiger charge is -2.19. The number of benzene rings is 2. The fourth-order valence-electron chi connectivity index (χ4n) is 2.40. The van der Waals surface area contributed by atoms with Crippen LogP contribution < -0.4 is 5.19 Å². The van der Waals surface area contributed by atoms with Gasteiger partial charge in [0.15, 0.2) is 6.61 Å². The number of hydrogen-bond acceptors (Lipinski definition) is 4. The second-order valence-corrected chi connectivity index (χ2v) is 10.9. The maximum absolute atomic E-state index is 11.9. The number of esters is 2. The highest BCUT2D eigenvalue weighted by atomic mass is 28.3. The minimum atomic E-state index is -1.73. The number of carbonyl (C=O) groups excluding carboxylic acids is 2. The first-order chi connectivity index (χ1) is 12.4. The van der Waals surface area contributed by atoms with E-state index >= 15 is 0 Å². The molecule has 136 valence electrons. The summed E-state index contributed by atoms with van der Waals surface area (Å²) in [5, 5.41) is 1.31. The first-order valence-corrected chi connectivity index (χ1v) is 11.6. The lowest BCUT2D eigenvalue weighted by molar-refractivity contribution is -0.149. The van der Waals surface area contributed by atoms with Gasteiger partial charge in [0, 0.05) is 0 Å². The molecule has 2 aromatic carbocycles. The van der Waals surface area contributed by atoms with Crippen molar-refractivity contribution in [3.8, 4) is 0 Å². The minimum Gasteiger partial charge on any atom is -0.456 e. The quantitative estimate of drug-likeness (QED) is 0.555. The van der Waals surface area contributed by atoms with Crippen molar-refractivity contribution in [2.45, 2.75) is 26.1 Å². The summed E-state index contributed by atoms with van der Waals surface area (Å²) in [5.41, 5.74) is 2.56. The Hall–Kier alpha value is -2.66. The highest BCUT2D eigenvalue weighted by molar-refractivity contribution is 6.93. The van der Waals surface area contributed by atoms with Gasteiger partial charge in [-0.25, -0.2) is 9.59 Å². The predicted molar refractivity (Wildman–Crippen MR) is 105 cm³/mol. The topological polar surface area (TPSA) is 52.6 Å². The van der Waals surface area contributed by atoms with Crippen molar-refractivity contribution in [3.63, 3.8) is 0 Å². The zero-order valence-corrected chi connectivity index (χ0v) is 16.3. The van der Waals surface area contributed by atoms with E-state index in [0.717, 1.165) is 0 Å². The molecule has 4 nitrogen and oxygen atoms in total. The Morgan fingerprint density at radius 2 is 1.58 bits per heavy atom. The maximum Gasteiger partial charge on any atom is 0.344 e. The molecule has 0 amide bonds. The molecule has 0 aromatic heterocycles. The van der Waals surface area contributed by atoms with Gasteiger partial charge in [-0.1, -0.05) is 78.6 Å². The van der Waals surface area contributed by atoms with Gasteiger partial charge in [-0.3, -0.25) is 0 Å². The standard InChI is InChI=1S/C21H24O4Si/c1-17(14-15-26(2,3)19-12-8-5-9-13-19)25-20(22)16-24-21(23)18-10-6-4-7-11-18/h4-15,17H,16H2,1-3H3/b15-14-/t17-/m0/s1. The average Bonchev–Trinajstić information content (AvgIpc) is 2.66. The molecule has 0 heterocycles. The second-order valence-electron chi connectivity index (χ2n) is 6.58. The minimum absolute atomic E-state index is 0.381. The van der Waals surface area contributed by atoms with Crippen LogP contribution >= 0.6 is 0 Å². The summed E-state index contributed by atoms with van der Waals surface area (Å²) >= 11 is 0. The SMILES string of the molecule is C[C@@H](/C=C\[Si](C)(C)c1ccccc1)OC(=O)COC(=O)c1ccccc1. The summed E-state index contributed by atoms with van der Waals surface area (Å²) in [6.45, 7) is 5.86. The van der Waals surface area contributed by atoms with E-state index in [1.54, 1.807) is 37.3 Å². The van der Waals surface area contributed by atoms with Crippen molar-refractivity contribution < 1.29 is 19.1 Å². The number of hydrogen-bond donors (Lipinski definition) is 0. The first-order valence-electron chi connectivity index (χ1n) is 8.55. The highest BCUT2D eigenvalue weighted by Crippen LogP contribution is 2.07. The Labute approximate surface area is 155 Å². The Balaban J connectivity index is 1.82. The molecule has 0 aliphatic heterocycles. The lowest BCUT2D eigenvalue weighted by Crippen LogP contribution is -2.39. The van der Waals surface area contributed by atoms with E-state index in [2.05, 4.69) is 30.9 Å². The molecule has 5 heteroatoms. The monoisotopic (exact) mass is 368 g/mol. The third-order valence-electron chi connectivity index (χ3n) is 3.95. The predicted octanol–water partition coefficient (Wildman–Crippen LogP) is 3.49. The smallest absolute Gasteiger partial charge is 0.344 e. The lowest BCUT2D eigenvalue weighted by atomic mass is 10.2. The normalized spacial score (nSPS) is 12.6. The van der Waals surface area contributed by atoms with Gasteiger partial charge in [-0.15, -0.1) is 0 Å². The molecule has 2 aromatic rings. The summed E-state index contributed by atoms with van der Waals surface area (Å²) in [4.78, 5) is 23.7. The van der Waals surface area contributed by atoms with Crippen LogP contribution in [0, 0.1) is 0 Å². The molecule has 0 saturated heterocycles. The van der Waals surface area contributed by atoms with Crippen LogP contribution in [0.5, 0.6) is 0 Å². The van der Waals surface area contributed by atoms with E-state index in [1.807, 2.05) is 24.3 Å². The summed E-state index contributed by atoms with van der Waals surface area (Å²) in [7, 11) is -1.73. The molecule has 26 heavy (non-hydrogen) atoms. The molecule has 2 rings (SSSR count). The van der Waals surface area contributed by atoms with Crippen LogP contribution in [0.25, 0.3) is 0 Å². The zero-order valence-electron chi connectivity index (χ0n) is 15.3. The van der Waals surface area contributed by atoms with Crippen LogP contribution in [0.4, 0.5) is 0 Å². The third kappa shape index (κ3) is 6.00. The van der Waals surface area contributed by atoms with Crippen LogP contribution in [-0.2, 0) is 14.3 Å². The van der Waals surface area contributed by atoms with Gasteiger partial charge in [0.05, 0.1) is 5.56 Å². The van der Waals surface area contributed by atoms with Gasteiger partial charge in [0.25, 0.3) is 0 Å². The highest BCUT2D eigenvalue weighted by Gasteiger charge is 2.20. The number of carbonyl (C=O) groups is 2.